The molecular formula is C26H19F3O7. The number of aliphatic hydroxyl groups excluding tert-OH is 1. The number of carbonyl (C=O) groups is 3. The van der Waals surface area contributed by atoms with Crippen LogP contribution in [0.3, 0.4) is 0 Å². The van der Waals surface area contributed by atoms with Gasteiger partial charge in [-0.3, -0.25) is 14.4 Å². The zero-order chi connectivity index (χ0) is 26.3. The molecule has 2 heterocycles. The van der Waals surface area contributed by atoms with Gasteiger partial charge in [0.2, 0.25) is 0 Å². The Bertz CT molecular complexity index is 1450. The molecule has 186 valence electrons. The van der Waals surface area contributed by atoms with Gasteiger partial charge in [0.1, 0.15) is 51.4 Å². The second-order valence-corrected chi connectivity index (χ2v) is 9.12. The lowest BCUT2D eigenvalue weighted by Gasteiger charge is -2.30. The number of hydrogen-bond acceptors (Lipinski definition) is 7. The van der Waals surface area contributed by atoms with Crippen molar-refractivity contribution < 1.29 is 47.2 Å². The first kappa shape index (κ1) is 23.7. The average molecular weight is 500 g/mol. The number of phenolic OH excluding ortho intramolecular Hbond substituents is 1. The van der Waals surface area contributed by atoms with Crippen molar-refractivity contribution in [2.45, 2.75) is 44.9 Å². The molecule has 2 atom stereocenters. The molecule has 0 spiro atoms. The van der Waals surface area contributed by atoms with Crippen LogP contribution < -0.4 is 9.47 Å². The van der Waals surface area contributed by atoms with Gasteiger partial charge in [-0.2, -0.15) is 13.2 Å². The lowest BCUT2D eigenvalue weighted by molar-refractivity contribution is -0.137. The number of alkyl halides is 3. The fourth-order valence-electron chi connectivity index (χ4n) is 4.95. The molecule has 2 N–H and O–H groups in total. The molecule has 36 heavy (non-hydrogen) atoms. The second kappa shape index (κ2) is 7.46. The van der Waals surface area contributed by atoms with Crippen LogP contribution >= 0.6 is 0 Å². The number of allylic oxidation sites excluding steroid dienone is 3. The van der Waals surface area contributed by atoms with Crippen LogP contribution in [0.5, 0.6) is 17.2 Å². The van der Waals surface area contributed by atoms with Crippen molar-refractivity contribution in [1.29, 1.82) is 0 Å². The van der Waals surface area contributed by atoms with Crippen LogP contribution in [0.2, 0.25) is 0 Å². The average Bonchev–Trinajstić information content (AvgIpc) is 3.09. The van der Waals surface area contributed by atoms with Gasteiger partial charge in [0.05, 0.1) is 17.5 Å². The minimum absolute atomic E-state index is 0.0216. The van der Waals surface area contributed by atoms with E-state index in [2.05, 4.69) is 0 Å². The van der Waals surface area contributed by atoms with Crippen LogP contribution in [0.15, 0.2) is 47.4 Å². The summed E-state index contributed by atoms with van der Waals surface area (Å²) in [6.45, 7) is 4.01. The van der Waals surface area contributed by atoms with Crippen molar-refractivity contribution in [3.8, 4) is 17.2 Å². The third-order valence-corrected chi connectivity index (χ3v) is 6.90. The van der Waals surface area contributed by atoms with Gasteiger partial charge in [-0.1, -0.05) is 12.1 Å². The Kier molecular flexibility index (Phi) is 4.90. The van der Waals surface area contributed by atoms with Crippen molar-refractivity contribution in [3.05, 3.63) is 75.3 Å². The van der Waals surface area contributed by atoms with Crippen molar-refractivity contribution in [3.63, 3.8) is 0 Å². The molecule has 2 aromatic rings. The summed E-state index contributed by atoms with van der Waals surface area (Å²) in [6, 6.07) is 4.23. The molecule has 7 nitrogen and oxygen atoms in total. The van der Waals surface area contributed by atoms with Gasteiger partial charge in [0, 0.05) is 11.6 Å². The molecule has 2 aliphatic heterocycles. The smallest absolute Gasteiger partial charge is 0.416 e. The Morgan fingerprint density at radius 1 is 1.11 bits per heavy atom. The van der Waals surface area contributed by atoms with E-state index >= 15 is 0 Å². The van der Waals surface area contributed by atoms with Crippen LogP contribution in [-0.4, -0.2) is 27.6 Å². The predicted molar refractivity (Wildman–Crippen MR) is 118 cm³/mol. The molecule has 0 aromatic heterocycles. The minimum atomic E-state index is -4.51. The molecule has 5 rings (SSSR count). The zero-order valence-electron chi connectivity index (χ0n) is 19.2. The maximum atomic E-state index is 13.3. The monoisotopic (exact) mass is 500 g/mol. The van der Waals surface area contributed by atoms with E-state index in [1.807, 2.05) is 0 Å². The quantitative estimate of drug-likeness (QED) is 0.562. The molecule has 1 aliphatic carbocycles. The summed E-state index contributed by atoms with van der Waals surface area (Å²) in [4.78, 5) is 38.7. The number of aliphatic hydroxyl groups is 1. The van der Waals surface area contributed by atoms with Crippen molar-refractivity contribution in [2.24, 2.45) is 0 Å². The van der Waals surface area contributed by atoms with Gasteiger partial charge < -0.3 is 19.7 Å². The number of ketones is 3. The first-order valence-electron chi connectivity index (χ1n) is 10.9. The lowest BCUT2D eigenvalue weighted by Crippen LogP contribution is -2.38. The van der Waals surface area contributed by atoms with E-state index in [0.717, 1.165) is 25.1 Å². The third kappa shape index (κ3) is 3.09. The number of phenols is 1. The van der Waals surface area contributed by atoms with Gasteiger partial charge in [-0.05, 0) is 38.5 Å². The fraction of sp³-hybridized carbons (Fsp3) is 0.269. The first-order valence-corrected chi connectivity index (χ1v) is 10.9. The second-order valence-electron chi connectivity index (χ2n) is 9.12. The number of halogens is 3. The van der Waals surface area contributed by atoms with Gasteiger partial charge in [0.15, 0.2) is 17.3 Å². The highest BCUT2D eigenvalue weighted by Gasteiger charge is 2.56. The third-order valence-electron chi connectivity index (χ3n) is 6.90. The van der Waals surface area contributed by atoms with Crippen molar-refractivity contribution in [1.82, 2.24) is 0 Å². The summed E-state index contributed by atoms with van der Waals surface area (Å²) >= 11 is 0. The Morgan fingerprint density at radius 3 is 2.33 bits per heavy atom. The zero-order valence-corrected chi connectivity index (χ0v) is 19.2. The highest BCUT2D eigenvalue weighted by Crippen LogP contribution is 2.59. The highest BCUT2D eigenvalue weighted by molar-refractivity contribution is 6.26. The molecule has 0 saturated carbocycles. The van der Waals surface area contributed by atoms with E-state index in [1.165, 1.54) is 26.0 Å². The van der Waals surface area contributed by atoms with E-state index in [-0.39, 0.29) is 40.4 Å². The number of carbonyl (C=O) groups excluding carboxylic acids is 3. The Hall–Kier alpha value is -4.08. The van der Waals surface area contributed by atoms with E-state index in [4.69, 9.17) is 9.47 Å². The van der Waals surface area contributed by atoms with Crippen LogP contribution in [0.4, 0.5) is 13.2 Å². The van der Waals surface area contributed by atoms with Gasteiger partial charge in [0.25, 0.3) is 0 Å². The van der Waals surface area contributed by atoms with Crippen LogP contribution in [0.1, 0.15) is 59.0 Å². The summed E-state index contributed by atoms with van der Waals surface area (Å²) in [6.07, 6.45) is -4.55. The van der Waals surface area contributed by atoms with Gasteiger partial charge >= 0.3 is 6.18 Å². The standard InChI is InChI=1S/C26H19F3O7/c1-10-21(33)20-23(36-17-9-15(32)18(11(2)30)24(34)25(17,20)3)19-14(31)8-16(35-22(10)19)12-4-6-13(7-5-12)26(27,28)29/h4-7,9,16,32-33H,8H2,1-3H3/t16?,25-/m1/s1. The molecular weight excluding hydrogens is 481 g/mol. The maximum Gasteiger partial charge on any atom is 0.416 e. The lowest BCUT2D eigenvalue weighted by atomic mass is 9.70. The summed E-state index contributed by atoms with van der Waals surface area (Å²) in [5.74, 6) is -3.11. The van der Waals surface area contributed by atoms with E-state index in [0.29, 0.717) is 5.56 Å². The Labute approximate surface area is 202 Å². The number of rotatable bonds is 2. The van der Waals surface area contributed by atoms with Crippen molar-refractivity contribution >= 4 is 17.3 Å². The number of aromatic hydroxyl groups is 1. The fourth-order valence-corrected chi connectivity index (χ4v) is 4.95. The number of fused-ring (bicyclic) bond motifs is 5. The van der Waals surface area contributed by atoms with E-state index in [9.17, 15) is 37.8 Å². The SMILES string of the molecule is CC(=O)C1=C(O)C=C2Oc3c4c(c(C)c(O)c3[C@]2(C)C1=O)OC(c1ccc(C(F)(F)F)cc1)CC4=O. The summed E-state index contributed by atoms with van der Waals surface area (Å²) < 4.78 is 50.6. The molecule has 0 saturated heterocycles. The highest BCUT2D eigenvalue weighted by atomic mass is 19.4. The molecule has 3 aliphatic rings. The molecule has 0 radical (unpaired) electrons. The van der Waals surface area contributed by atoms with E-state index in [1.54, 1.807) is 0 Å². The van der Waals surface area contributed by atoms with Gasteiger partial charge in [-0.15, -0.1) is 0 Å². The van der Waals surface area contributed by atoms with Crippen LogP contribution in [0.25, 0.3) is 0 Å². The number of ether oxygens (including phenoxy) is 2. The number of Topliss-reactive ketones (excluding diaryl/α,β-unsaturated/α-hetero) is 3. The largest absolute Gasteiger partial charge is 0.507 e. The van der Waals surface area contributed by atoms with E-state index < -0.39 is 57.7 Å². The predicted octanol–water partition coefficient (Wildman–Crippen LogP) is 4.94. The Balaban J connectivity index is 1.62. The Morgan fingerprint density at radius 2 is 1.75 bits per heavy atom. The summed E-state index contributed by atoms with van der Waals surface area (Å²) in [5, 5.41) is 21.4. The maximum absolute atomic E-state index is 13.3. The van der Waals surface area contributed by atoms with Gasteiger partial charge in [-0.25, -0.2) is 0 Å². The number of hydrogen-bond donors (Lipinski definition) is 2. The molecule has 0 fully saturated rings. The molecule has 10 heteroatoms. The van der Waals surface area contributed by atoms with Crippen LogP contribution in [-0.2, 0) is 21.2 Å². The minimum Gasteiger partial charge on any atom is -0.507 e. The summed E-state index contributed by atoms with van der Waals surface area (Å²) in [7, 11) is 0. The van der Waals surface area contributed by atoms with Crippen LogP contribution in [0, 0.1) is 6.92 Å². The first-order chi connectivity index (χ1) is 16.8. The normalized spacial score (nSPS) is 22.8. The topological polar surface area (TPSA) is 110 Å². The molecule has 2 aromatic carbocycles. The summed E-state index contributed by atoms with van der Waals surface area (Å²) in [5.41, 5.74) is -2.56. The molecule has 1 unspecified atom stereocenters. The molecule has 0 bridgehead atoms. The molecule has 0 amide bonds. The van der Waals surface area contributed by atoms with Crippen molar-refractivity contribution in [2.75, 3.05) is 0 Å². The number of benzene rings is 2.